The van der Waals surface area contributed by atoms with Gasteiger partial charge in [-0.15, -0.1) is 5.10 Å². The van der Waals surface area contributed by atoms with E-state index in [0.717, 1.165) is 0 Å². The quantitative estimate of drug-likeness (QED) is 0.598. The Morgan fingerprint density at radius 3 is 2.69 bits per heavy atom. The number of nitrogens with zero attached hydrogens (tertiary/aromatic N) is 2. The first kappa shape index (κ1) is 10.9. The van der Waals surface area contributed by atoms with E-state index < -0.39 is 29.1 Å². The van der Waals surface area contributed by atoms with Gasteiger partial charge in [-0.05, 0) is 4.92 Å². The third kappa shape index (κ3) is 1.45. The fourth-order valence-corrected chi connectivity index (χ4v) is 2.19. The summed E-state index contributed by atoms with van der Waals surface area (Å²) in [6.45, 7) is -0.0526. The van der Waals surface area contributed by atoms with E-state index in [1.165, 1.54) is 6.20 Å². The summed E-state index contributed by atoms with van der Waals surface area (Å²) in [7, 11) is 0. The van der Waals surface area contributed by atoms with Crippen molar-refractivity contribution in [1.82, 2.24) is 10.2 Å². The zero-order valence-corrected chi connectivity index (χ0v) is 8.24. The zero-order chi connectivity index (χ0) is 12.0. The molecule has 0 spiro atoms. The second kappa shape index (κ2) is 3.21. The molecule has 1 aromatic rings. The molecule has 0 radical (unpaired) electrons. The van der Waals surface area contributed by atoms with Crippen LogP contribution in [0.15, 0.2) is 6.20 Å². The van der Waals surface area contributed by atoms with Crippen molar-refractivity contribution in [2.45, 2.75) is 24.2 Å². The van der Waals surface area contributed by atoms with Crippen molar-refractivity contribution in [3.05, 3.63) is 21.9 Å². The van der Waals surface area contributed by atoms with Crippen LogP contribution in [-0.2, 0) is 5.41 Å². The predicted molar refractivity (Wildman–Crippen MR) is 50.2 cm³/mol. The molecular weight excluding hydrogens is 222 g/mol. The van der Waals surface area contributed by atoms with Gasteiger partial charge in [-0.1, -0.05) is 5.10 Å². The van der Waals surface area contributed by atoms with Crippen molar-refractivity contribution in [2.24, 2.45) is 5.73 Å². The van der Waals surface area contributed by atoms with Gasteiger partial charge in [-0.25, -0.2) is 8.78 Å². The molecular formula is C8H10F2N4O2. The Morgan fingerprint density at radius 1 is 1.62 bits per heavy atom. The molecule has 1 fully saturated rings. The van der Waals surface area contributed by atoms with Gasteiger partial charge < -0.3 is 15.8 Å². The molecule has 6 nitrogen and oxygen atoms in total. The molecule has 0 aromatic carbocycles. The van der Waals surface area contributed by atoms with Crippen LogP contribution in [-0.4, -0.2) is 27.6 Å². The summed E-state index contributed by atoms with van der Waals surface area (Å²) in [5, 5.41) is 16.4. The Balaban J connectivity index is 2.36. The maximum absolute atomic E-state index is 12.9. The fourth-order valence-electron chi connectivity index (χ4n) is 2.19. The molecule has 0 amide bonds. The number of aromatic nitrogens is 2. The molecule has 1 aliphatic rings. The van der Waals surface area contributed by atoms with Crippen molar-refractivity contribution in [1.29, 1.82) is 0 Å². The summed E-state index contributed by atoms with van der Waals surface area (Å²) in [5.74, 6) is -3.13. The highest BCUT2D eigenvalue weighted by molar-refractivity contribution is 5.41. The minimum absolute atomic E-state index is 0.0526. The standard InChI is InChI=1S/C8H10F2N4O2/c9-8(10)2-7(3-8,4-11)5-1-12-13-6(5)14(15)16/h1H,2-4,11H2,(H,12,13). The average Bonchev–Trinajstić information content (AvgIpc) is 2.61. The lowest BCUT2D eigenvalue weighted by Crippen LogP contribution is -2.53. The first-order valence-electron chi connectivity index (χ1n) is 4.66. The van der Waals surface area contributed by atoms with Gasteiger partial charge in [0.25, 0.3) is 0 Å². The van der Waals surface area contributed by atoms with Gasteiger partial charge in [0.2, 0.25) is 5.92 Å². The van der Waals surface area contributed by atoms with Gasteiger partial charge in [0, 0.05) is 24.8 Å². The molecule has 1 heterocycles. The molecule has 3 N–H and O–H groups in total. The van der Waals surface area contributed by atoms with Crippen molar-refractivity contribution >= 4 is 5.82 Å². The second-order valence-electron chi connectivity index (χ2n) is 4.08. The number of halogens is 2. The van der Waals surface area contributed by atoms with E-state index in [4.69, 9.17) is 5.73 Å². The van der Waals surface area contributed by atoms with E-state index in [2.05, 4.69) is 10.2 Å². The zero-order valence-electron chi connectivity index (χ0n) is 8.24. The highest BCUT2D eigenvalue weighted by atomic mass is 19.3. The summed E-state index contributed by atoms with van der Waals surface area (Å²) >= 11 is 0. The van der Waals surface area contributed by atoms with Crippen molar-refractivity contribution < 1.29 is 13.7 Å². The normalized spacial score (nSPS) is 21.4. The second-order valence-corrected chi connectivity index (χ2v) is 4.08. The molecule has 8 heteroatoms. The van der Waals surface area contributed by atoms with Gasteiger partial charge in [0.1, 0.15) is 0 Å². The maximum atomic E-state index is 12.9. The topological polar surface area (TPSA) is 97.8 Å². The minimum Gasteiger partial charge on any atom is -0.358 e. The first-order chi connectivity index (χ1) is 7.40. The molecule has 0 unspecified atom stereocenters. The van der Waals surface area contributed by atoms with Crippen LogP contribution >= 0.6 is 0 Å². The van der Waals surface area contributed by atoms with Crippen LogP contribution in [0.1, 0.15) is 18.4 Å². The molecule has 2 rings (SSSR count). The summed E-state index contributed by atoms with van der Waals surface area (Å²) < 4.78 is 25.8. The molecule has 16 heavy (non-hydrogen) atoms. The molecule has 0 atom stereocenters. The third-order valence-electron chi connectivity index (χ3n) is 2.96. The number of nitro groups is 1. The van der Waals surface area contributed by atoms with Crippen LogP contribution in [0.25, 0.3) is 0 Å². The van der Waals surface area contributed by atoms with Gasteiger partial charge in [0.15, 0.2) is 0 Å². The number of aromatic amines is 1. The molecule has 88 valence electrons. The lowest BCUT2D eigenvalue weighted by atomic mass is 9.62. The lowest BCUT2D eigenvalue weighted by molar-refractivity contribution is -0.391. The van der Waals surface area contributed by atoms with Crippen molar-refractivity contribution in [3.8, 4) is 0 Å². The number of hydrogen-bond donors (Lipinski definition) is 2. The van der Waals surface area contributed by atoms with E-state index >= 15 is 0 Å². The number of nitrogens with two attached hydrogens (primary N) is 1. The first-order valence-corrected chi connectivity index (χ1v) is 4.66. The average molecular weight is 232 g/mol. The monoisotopic (exact) mass is 232 g/mol. The van der Waals surface area contributed by atoms with E-state index in [0.29, 0.717) is 0 Å². The Labute approximate surface area is 89.0 Å². The Hall–Kier alpha value is -1.57. The highest BCUT2D eigenvalue weighted by Crippen LogP contribution is 2.54. The Morgan fingerprint density at radius 2 is 2.25 bits per heavy atom. The van der Waals surface area contributed by atoms with Crippen LogP contribution in [0.3, 0.4) is 0 Å². The molecule has 1 saturated carbocycles. The summed E-state index contributed by atoms with van der Waals surface area (Å²) in [6, 6.07) is 0. The maximum Gasteiger partial charge on any atom is 0.346 e. The molecule has 0 bridgehead atoms. The van der Waals surface area contributed by atoms with E-state index in [-0.39, 0.29) is 17.9 Å². The van der Waals surface area contributed by atoms with Gasteiger partial charge >= 0.3 is 5.82 Å². The third-order valence-corrected chi connectivity index (χ3v) is 2.96. The minimum atomic E-state index is -2.79. The summed E-state index contributed by atoms with van der Waals surface area (Å²) in [6.07, 6.45) is 0.286. The van der Waals surface area contributed by atoms with Crippen molar-refractivity contribution in [3.63, 3.8) is 0 Å². The van der Waals surface area contributed by atoms with Crippen LogP contribution in [0.2, 0.25) is 0 Å². The largest absolute Gasteiger partial charge is 0.358 e. The number of alkyl halides is 2. The van der Waals surface area contributed by atoms with E-state index in [1.54, 1.807) is 0 Å². The number of hydrogen-bond acceptors (Lipinski definition) is 4. The summed E-state index contributed by atoms with van der Waals surface area (Å²) in [5.41, 5.74) is 4.61. The molecule has 0 aliphatic heterocycles. The molecule has 1 aliphatic carbocycles. The fraction of sp³-hybridized carbons (Fsp3) is 0.625. The number of H-pyrrole nitrogens is 1. The Kier molecular flexibility index (Phi) is 2.19. The van der Waals surface area contributed by atoms with E-state index in [1.807, 2.05) is 0 Å². The molecule has 1 aromatic heterocycles. The van der Waals surface area contributed by atoms with E-state index in [9.17, 15) is 18.9 Å². The van der Waals surface area contributed by atoms with Crippen LogP contribution in [0.5, 0.6) is 0 Å². The SMILES string of the molecule is NCC1(c2cn[nH]c2[N+](=O)[O-])CC(F)(F)C1. The van der Waals surface area contributed by atoms with Gasteiger partial charge in [-0.3, -0.25) is 0 Å². The Bertz CT molecular complexity index is 423. The van der Waals surface area contributed by atoms with Gasteiger partial charge in [0.05, 0.1) is 11.8 Å². The van der Waals surface area contributed by atoms with Crippen LogP contribution in [0.4, 0.5) is 14.6 Å². The number of rotatable bonds is 3. The molecule has 0 saturated heterocycles. The smallest absolute Gasteiger partial charge is 0.346 e. The predicted octanol–water partition coefficient (Wildman–Crippen LogP) is 0.944. The van der Waals surface area contributed by atoms with Crippen molar-refractivity contribution in [2.75, 3.05) is 6.54 Å². The highest BCUT2D eigenvalue weighted by Gasteiger charge is 2.59. The van der Waals surface area contributed by atoms with Gasteiger partial charge in [-0.2, -0.15) is 0 Å². The van der Waals surface area contributed by atoms with Crippen LogP contribution in [0, 0.1) is 10.1 Å². The number of nitrogens with one attached hydrogen (secondary N) is 1. The summed E-state index contributed by atoms with van der Waals surface area (Å²) in [4.78, 5) is 9.98. The van der Waals surface area contributed by atoms with Crippen LogP contribution < -0.4 is 5.73 Å². The lowest BCUT2D eigenvalue weighted by Gasteiger charge is -2.45.